The highest BCUT2D eigenvalue weighted by atomic mass is 35.5. The molecule has 2 aromatic rings. The molecule has 0 saturated carbocycles. The molecule has 16 heavy (non-hydrogen) atoms. The van der Waals surface area contributed by atoms with E-state index < -0.39 is 0 Å². The molecule has 1 aromatic carbocycles. The molecule has 0 atom stereocenters. The first-order chi connectivity index (χ1) is 7.61. The van der Waals surface area contributed by atoms with Crippen LogP contribution in [0.25, 0.3) is 0 Å². The molecule has 1 heterocycles. The Morgan fingerprint density at radius 2 is 2.00 bits per heavy atom. The van der Waals surface area contributed by atoms with Gasteiger partial charge in [0, 0.05) is 5.56 Å². The molecule has 2 nitrogen and oxygen atoms in total. The average molecular weight is 255 g/mol. The number of rotatable bonds is 2. The van der Waals surface area contributed by atoms with Crippen LogP contribution in [-0.4, -0.2) is 5.78 Å². The van der Waals surface area contributed by atoms with Crippen molar-refractivity contribution in [1.29, 1.82) is 0 Å². The van der Waals surface area contributed by atoms with Crippen LogP contribution >= 0.6 is 23.2 Å². The quantitative estimate of drug-likeness (QED) is 0.755. The summed E-state index contributed by atoms with van der Waals surface area (Å²) in [6.07, 6.45) is 1.47. The zero-order chi connectivity index (χ0) is 11.7. The number of benzene rings is 1. The van der Waals surface area contributed by atoms with Crippen molar-refractivity contribution in [2.45, 2.75) is 6.92 Å². The predicted octanol–water partition coefficient (Wildman–Crippen LogP) is 4.13. The SMILES string of the molecule is Cc1ccoc1C(=O)c1cccc(Cl)c1Cl. The number of furan rings is 1. The van der Waals surface area contributed by atoms with Crippen molar-refractivity contribution >= 4 is 29.0 Å². The summed E-state index contributed by atoms with van der Waals surface area (Å²) in [6, 6.07) is 6.67. The van der Waals surface area contributed by atoms with Gasteiger partial charge in [-0.3, -0.25) is 4.79 Å². The molecule has 0 spiro atoms. The zero-order valence-electron chi connectivity index (χ0n) is 8.46. The van der Waals surface area contributed by atoms with E-state index in [0.717, 1.165) is 5.56 Å². The molecule has 1 aromatic heterocycles. The summed E-state index contributed by atoms with van der Waals surface area (Å²) in [6.45, 7) is 1.80. The third kappa shape index (κ3) is 1.86. The van der Waals surface area contributed by atoms with Crippen molar-refractivity contribution < 1.29 is 9.21 Å². The highest BCUT2D eigenvalue weighted by Gasteiger charge is 2.18. The largest absolute Gasteiger partial charge is 0.461 e. The minimum Gasteiger partial charge on any atom is -0.461 e. The molecule has 0 fully saturated rings. The van der Waals surface area contributed by atoms with Crippen molar-refractivity contribution in [3.8, 4) is 0 Å². The zero-order valence-corrected chi connectivity index (χ0v) is 9.97. The number of aryl methyl sites for hydroxylation is 1. The van der Waals surface area contributed by atoms with Crippen LogP contribution in [0.2, 0.25) is 10.0 Å². The Kier molecular flexibility index (Phi) is 3.03. The fraction of sp³-hybridized carbons (Fsp3) is 0.0833. The Labute approximate surface area is 103 Å². The maximum absolute atomic E-state index is 12.1. The molecular weight excluding hydrogens is 247 g/mol. The first-order valence-electron chi connectivity index (χ1n) is 4.64. The molecule has 0 radical (unpaired) electrons. The summed E-state index contributed by atoms with van der Waals surface area (Å²) >= 11 is 11.8. The first kappa shape index (κ1) is 11.2. The van der Waals surface area contributed by atoms with Gasteiger partial charge in [-0.15, -0.1) is 0 Å². The van der Waals surface area contributed by atoms with Gasteiger partial charge in [0.05, 0.1) is 16.3 Å². The Morgan fingerprint density at radius 3 is 2.62 bits per heavy atom. The van der Waals surface area contributed by atoms with Gasteiger partial charge < -0.3 is 4.42 Å². The van der Waals surface area contributed by atoms with Gasteiger partial charge in [0.25, 0.3) is 0 Å². The molecule has 2 rings (SSSR count). The number of hydrogen-bond acceptors (Lipinski definition) is 2. The van der Waals surface area contributed by atoms with E-state index in [1.54, 1.807) is 31.2 Å². The molecule has 0 aliphatic rings. The number of carbonyl (C=O) groups excluding carboxylic acids is 1. The standard InChI is InChI=1S/C12H8Cl2O2/c1-7-5-6-16-12(7)11(15)8-3-2-4-9(13)10(8)14/h2-6H,1H3. The van der Waals surface area contributed by atoms with E-state index in [9.17, 15) is 4.79 Å². The van der Waals surface area contributed by atoms with Crippen LogP contribution in [0.15, 0.2) is 34.9 Å². The predicted molar refractivity (Wildman–Crippen MR) is 63.3 cm³/mol. The summed E-state index contributed by atoms with van der Waals surface area (Å²) in [5.74, 6) is 0.0409. The summed E-state index contributed by atoms with van der Waals surface area (Å²) in [7, 11) is 0. The van der Waals surface area contributed by atoms with Crippen LogP contribution in [0.5, 0.6) is 0 Å². The van der Waals surface area contributed by atoms with Crippen molar-refractivity contribution in [2.75, 3.05) is 0 Å². The maximum atomic E-state index is 12.1. The van der Waals surface area contributed by atoms with Crippen molar-refractivity contribution in [3.05, 3.63) is 57.5 Å². The second-order valence-corrected chi connectivity index (χ2v) is 4.15. The van der Waals surface area contributed by atoms with E-state index in [2.05, 4.69) is 0 Å². The second-order valence-electron chi connectivity index (χ2n) is 3.36. The molecule has 0 amide bonds. The molecule has 0 unspecified atom stereocenters. The normalized spacial score (nSPS) is 10.4. The molecular formula is C12H8Cl2O2. The van der Waals surface area contributed by atoms with Crippen LogP contribution in [0.3, 0.4) is 0 Å². The van der Waals surface area contributed by atoms with E-state index in [1.165, 1.54) is 6.26 Å². The van der Waals surface area contributed by atoms with E-state index in [0.29, 0.717) is 16.3 Å². The monoisotopic (exact) mass is 254 g/mol. The fourth-order valence-electron chi connectivity index (χ4n) is 1.41. The van der Waals surface area contributed by atoms with Crippen LogP contribution in [0.1, 0.15) is 21.7 Å². The Hall–Kier alpha value is -1.25. The number of carbonyl (C=O) groups is 1. The molecule has 0 aliphatic heterocycles. The number of halogens is 2. The lowest BCUT2D eigenvalue weighted by Crippen LogP contribution is -2.02. The molecule has 0 aliphatic carbocycles. The molecule has 82 valence electrons. The lowest BCUT2D eigenvalue weighted by molar-refractivity contribution is 0.101. The smallest absolute Gasteiger partial charge is 0.229 e. The van der Waals surface area contributed by atoms with Crippen LogP contribution < -0.4 is 0 Å². The summed E-state index contributed by atoms with van der Waals surface area (Å²) in [5.41, 5.74) is 1.13. The second kappa shape index (κ2) is 4.32. The van der Waals surface area contributed by atoms with Gasteiger partial charge in [0.15, 0.2) is 5.76 Å². The first-order valence-corrected chi connectivity index (χ1v) is 5.39. The highest BCUT2D eigenvalue weighted by Crippen LogP contribution is 2.28. The van der Waals surface area contributed by atoms with Gasteiger partial charge in [-0.05, 0) is 30.7 Å². The fourth-order valence-corrected chi connectivity index (χ4v) is 1.79. The minimum atomic E-state index is -0.255. The summed E-state index contributed by atoms with van der Waals surface area (Å²) in [5, 5.41) is 0.613. The van der Waals surface area contributed by atoms with Crippen molar-refractivity contribution in [3.63, 3.8) is 0 Å². The third-order valence-electron chi connectivity index (χ3n) is 2.26. The summed E-state index contributed by atoms with van der Waals surface area (Å²) < 4.78 is 5.12. The van der Waals surface area contributed by atoms with E-state index in [-0.39, 0.29) is 10.8 Å². The highest BCUT2D eigenvalue weighted by molar-refractivity contribution is 6.44. The Balaban J connectivity index is 2.50. The number of ketones is 1. The van der Waals surface area contributed by atoms with Gasteiger partial charge in [-0.1, -0.05) is 29.3 Å². The Bertz CT molecular complexity index is 544. The summed E-state index contributed by atoms with van der Waals surface area (Å²) in [4.78, 5) is 12.1. The Morgan fingerprint density at radius 1 is 1.25 bits per heavy atom. The van der Waals surface area contributed by atoms with Crippen LogP contribution in [0, 0.1) is 6.92 Å². The molecule has 0 bridgehead atoms. The van der Waals surface area contributed by atoms with Gasteiger partial charge in [-0.25, -0.2) is 0 Å². The van der Waals surface area contributed by atoms with Gasteiger partial charge in [-0.2, -0.15) is 0 Å². The van der Waals surface area contributed by atoms with E-state index in [4.69, 9.17) is 27.6 Å². The van der Waals surface area contributed by atoms with Gasteiger partial charge in [0.1, 0.15) is 0 Å². The minimum absolute atomic E-state index is 0.255. The lowest BCUT2D eigenvalue weighted by atomic mass is 10.1. The van der Waals surface area contributed by atoms with Gasteiger partial charge in [0.2, 0.25) is 5.78 Å². The topological polar surface area (TPSA) is 30.2 Å². The average Bonchev–Trinajstić information content (AvgIpc) is 2.68. The lowest BCUT2D eigenvalue weighted by Gasteiger charge is -2.03. The van der Waals surface area contributed by atoms with E-state index >= 15 is 0 Å². The van der Waals surface area contributed by atoms with Gasteiger partial charge >= 0.3 is 0 Å². The molecule has 0 saturated heterocycles. The molecule has 4 heteroatoms. The maximum Gasteiger partial charge on any atom is 0.229 e. The van der Waals surface area contributed by atoms with Crippen LogP contribution in [0.4, 0.5) is 0 Å². The number of hydrogen-bond donors (Lipinski definition) is 0. The molecule has 0 N–H and O–H groups in total. The van der Waals surface area contributed by atoms with E-state index in [1.807, 2.05) is 0 Å². The van der Waals surface area contributed by atoms with Crippen molar-refractivity contribution in [2.24, 2.45) is 0 Å². The van der Waals surface area contributed by atoms with Crippen LogP contribution in [-0.2, 0) is 0 Å². The third-order valence-corrected chi connectivity index (χ3v) is 3.08. The van der Waals surface area contributed by atoms with Crippen molar-refractivity contribution in [1.82, 2.24) is 0 Å².